The van der Waals surface area contributed by atoms with Crippen molar-refractivity contribution >= 4 is 35.1 Å². The molecule has 2 N–H and O–H groups in total. The van der Waals surface area contributed by atoms with E-state index >= 15 is 0 Å². The predicted molar refractivity (Wildman–Crippen MR) is 117 cm³/mol. The summed E-state index contributed by atoms with van der Waals surface area (Å²) < 4.78 is 0. The molecule has 3 rings (SSSR count). The van der Waals surface area contributed by atoms with Crippen LogP contribution in [0.3, 0.4) is 0 Å². The Morgan fingerprint density at radius 1 is 1.18 bits per heavy atom. The van der Waals surface area contributed by atoms with Crippen LogP contribution in [0.5, 0.6) is 0 Å². The van der Waals surface area contributed by atoms with Gasteiger partial charge in [0.1, 0.15) is 0 Å². The Hall–Kier alpha value is -2.47. The molecule has 0 bridgehead atoms. The molecule has 1 aliphatic rings. The summed E-state index contributed by atoms with van der Waals surface area (Å²) in [5, 5.41) is 5.84. The highest BCUT2D eigenvalue weighted by atomic mass is 32.2. The van der Waals surface area contributed by atoms with E-state index in [1.165, 1.54) is 5.56 Å². The van der Waals surface area contributed by atoms with Crippen molar-refractivity contribution in [2.24, 2.45) is 5.92 Å². The van der Waals surface area contributed by atoms with Gasteiger partial charge >= 0.3 is 6.03 Å². The number of benzene rings is 2. The minimum Gasteiger partial charge on any atom is -0.338 e. The molecule has 2 aromatic carbocycles. The summed E-state index contributed by atoms with van der Waals surface area (Å²) in [4.78, 5) is 26.5. The van der Waals surface area contributed by atoms with Crippen molar-refractivity contribution < 1.29 is 9.59 Å². The first-order chi connectivity index (χ1) is 13.6. The van der Waals surface area contributed by atoms with E-state index in [0.717, 1.165) is 34.9 Å². The van der Waals surface area contributed by atoms with E-state index in [1.807, 2.05) is 50.2 Å². The Balaban J connectivity index is 1.55. The maximum Gasteiger partial charge on any atom is 0.321 e. The van der Waals surface area contributed by atoms with Crippen LogP contribution in [0.4, 0.5) is 16.2 Å². The second-order valence-electron chi connectivity index (χ2n) is 6.97. The maximum absolute atomic E-state index is 12.6. The molecule has 1 heterocycles. The summed E-state index contributed by atoms with van der Waals surface area (Å²) in [5.74, 6) is 1.57. The fourth-order valence-electron chi connectivity index (χ4n) is 3.18. The first-order valence-corrected chi connectivity index (χ1v) is 10.8. The van der Waals surface area contributed by atoms with Crippen LogP contribution in [0, 0.1) is 5.92 Å². The van der Waals surface area contributed by atoms with Crippen LogP contribution >= 0.6 is 11.8 Å². The van der Waals surface area contributed by atoms with Gasteiger partial charge in [-0.1, -0.05) is 43.3 Å². The Labute approximate surface area is 170 Å². The molecule has 5 nitrogen and oxygen atoms in total. The zero-order valence-electron chi connectivity index (χ0n) is 16.4. The smallest absolute Gasteiger partial charge is 0.321 e. The summed E-state index contributed by atoms with van der Waals surface area (Å²) >= 11 is 1.76. The van der Waals surface area contributed by atoms with Crippen LogP contribution in [0.1, 0.15) is 25.0 Å². The summed E-state index contributed by atoms with van der Waals surface area (Å²) in [6.07, 6.45) is 0.840. The van der Waals surface area contributed by atoms with Gasteiger partial charge in [-0.2, -0.15) is 11.8 Å². The number of nitrogens with one attached hydrogen (secondary N) is 2. The normalized spacial score (nSPS) is 13.7. The van der Waals surface area contributed by atoms with Crippen LogP contribution in [0.2, 0.25) is 0 Å². The van der Waals surface area contributed by atoms with E-state index in [2.05, 4.69) is 22.8 Å². The monoisotopic (exact) mass is 397 g/mol. The molecule has 0 radical (unpaired) electrons. The van der Waals surface area contributed by atoms with Crippen LogP contribution < -0.4 is 15.5 Å². The van der Waals surface area contributed by atoms with Gasteiger partial charge in [-0.25, -0.2) is 4.79 Å². The number of nitrogens with zero attached hydrogens (tertiary/aromatic N) is 1. The second-order valence-corrected chi connectivity index (χ2v) is 8.00. The largest absolute Gasteiger partial charge is 0.338 e. The van der Waals surface area contributed by atoms with Crippen molar-refractivity contribution in [3.8, 4) is 0 Å². The number of hydrogen-bond acceptors (Lipinski definition) is 3. The average molecular weight is 398 g/mol. The van der Waals surface area contributed by atoms with Crippen LogP contribution in [0.25, 0.3) is 0 Å². The minimum absolute atomic E-state index is 0.00284. The summed E-state index contributed by atoms with van der Waals surface area (Å²) in [5.41, 5.74) is 4.02. The van der Waals surface area contributed by atoms with E-state index in [1.54, 1.807) is 16.7 Å². The lowest BCUT2D eigenvalue weighted by atomic mass is 10.1. The highest BCUT2D eigenvalue weighted by Crippen LogP contribution is 2.31. The molecule has 1 unspecified atom stereocenters. The van der Waals surface area contributed by atoms with Gasteiger partial charge in [-0.3, -0.25) is 9.69 Å². The Kier molecular flexibility index (Phi) is 6.98. The number of hydrogen-bond donors (Lipinski definition) is 2. The number of urea groups is 1. The fraction of sp³-hybridized carbons (Fsp3) is 0.364. The highest BCUT2D eigenvalue weighted by Gasteiger charge is 2.25. The van der Waals surface area contributed by atoms with Gasteiger partial charge in [-0.05, 0) is 36.6 Å². The van der Waals surface area contributed by atoms with Crippen molar-refractivity contribution in [1.82, 2.24) is 5.32 Å². The molecule has 0 aromatic heterocycles. The number of carbonyl (C=O) groups excluding carboxylic acids is 2. The lowest BCUT2D eigenvalue weighted by molar-refractivity contribution is -0.118. The summed E-state index contributed by atoms with van der Waals surface area (Å²) in [7, 11) is 0. The molecule has 0 saturated heterocycles. The van der Waals surface area contributed by atoms with Gasteiger partial charge < -0.3 is 10.6 Å². The zero-order chi connectivity index (χ0) is 19.9. The van der Waals surface area contributed by atoms with Gasteiger partial charge in [0.2, 0.25) is 5.91 Å². The SMILES string of the molecule is CCNC(=O)N1CCc2ccc(NC(=O)C(C)CSCc3ccccc3)cc21. The molecule has 1 aliphatic heterocycles. The van der Waals surface area contributed by atoms with E-state index < -0.39 is 0 Å². The van der Waals surface area contributed by atoms with Gasteiger partial charge in [0.05, 0.1) is 5.69 Å². The number of carbonyl (C=O) groups is 2. The summed E-state index contributed by atoms with van der Waals surface area (Å²) in [6.45, 7) is 5.12. The Morgan fingerprint density at radius 2 is 1.96 bits per heavy atom. The molecule has 0 spiro atoms. The van der Waals surface area contributed by atoms with Crippen LogP contribution in [-0.2, 0) is 17.0 Å². The maximum atomic E-state index is 12.6. The van der Waals surface area contributed by atoms with E-state index in [4.69, 9.17) is 0 Å². The molecule has 0 aliphatic carbocycles. The van der Waals surface area contributed by atoms with E-state index in [-0.39, 0.29) is 17.9 Å². The van der Waals surface area contributed by atoms with Gasteiger partial charge in [0, 0.05) is 36.2 Å². The molecule has 0 saturated carbocycles. The lowest BCUT2D eigenvalue weighted by Crippen LogP contribution is -2.38. The van der Waals surface area contributed by atoms with E-state index in [0.29, 0.717) is 13.1 Å². The standard InChI is InChI=1S/C22H27N3O2S/c1-3-23-22(27)25-12-11-18-9-10-19(13-20(18)25)24-21(26)16(2)14-28-15-17-7-5-4-6-8-17/h4-10,13,16H,3,11-12,14-15H2,1-2H3,(H,23,27)(H,24,26). The number of amides is 3. The highest BCUT2D eigenvalue weighted by molar-refractivity contribution is 7.98. The average Bonchev–Trinajstić information content (AvgIpc) is 3.12. The number of fused-ring (bicyclic) bond motifs is 1. The molecule has 0 fully saturated rings. The Bertz CT molecular complexity index is 826. The van der Waals surface area contributed by atoms with Crippen molar-refractivity contribution in [2.75, 3.05) is 29.1 Å². The minimum atomic E-state index is -0.0959. The lowest BCUT2D eigenvalue weighted by Gasteiger charge is -2.19. The molecule has 6 heteroatoms. The molecule has 2 aromatic rings. The third-order valence-corrected chi connectivity index (χ3v) is 6.02. The van der Waals surface area contributed by atoms with Crippen LogP contribution in [0.15, 0.2) is 48.5 Å². The van der Waals surface area contributed by atoms with Gasteiger partial charge in [0.15, 0.2) is 0 Å². The zero-order valence-corrected chi connectivity index (χ0v) is 17.2. The third-order valence-electron chi connectivity index (χ3n) is 4.75. The van der Waals surface area contributed by atoms with Gasteiger partial charge in [0.25, 0.3) is 0 Å². The van der Waals surface area contributed by atoms with Crippen molar-refractivity contribution in [3.63, 3.8) is 0 Å². The van der Waals surface area contributed by atoms with Crippen molar-refractivity contribution in [1.29, 1.82) is 0 Å². The number of anilines is 2. The third kappa shape index (κ3) is 5.07. The molecule has 28 heavy (non-hydrogen) atoms. The molecule has 3 amide bonds. The summed E-state index contributed by atoms with van der Waals surface area (Å²) in [6, 6.07) is 16.0. The first-order valence-electron chi connectivity index (χ1n) is 9.69. The molecular weight excluding hydrogens is 370 g/mol. The fourth-order valence-corrected chi connectivity index (χ4v) is 4.23. The molecule has 1 atom stereocenters. The molecule has 148 valence electrons. The van der Waals surface area contributed by atoms with Crippen LogP contribution in [-0.4, -0.2) is 30.8 Å². The van der Waals surface area contributed by atoms with Crippen molar-refractivity contribution in [2.45, 2.75) is 26.0 Å². The van der Waals surface area contributed by atoms with Crippen molar-refractivity contribution in [3.05, 3.63) is 59.7 Å². The number of rotatable bonds is 7. The topological polar surface area (TPSA) is 61.4 Å². The quantitative estimate of drug-likeness (QED) is 0.733. The Morgan fingerprint density at radius 3 is 2.71 bits per heavy atom. The predicted octanol–water partition coefficient (Wildman–Crippen LogP) is 4.29. The second kappa shape index (κ2) is 9.64. The molecular formula is C22H27N3O2S. The number of thioether (sulfide) groups is 1. The first kappa shape index (κ1) is 20.3. The van der Waals surface area contributed by atoms with Gasteiger partial charge in [-0.15, -0.1) is 0 Å². The van der Waals surface area contributed by atoms with E-state index in [9.17, 15) is 9.59 Å².